The van der Waals surface area contributed by atoms with Gasteiger partial charge in [0.2, 0.25) is 0 Å². The Balaban J connectivity index is 2.59. The standard InChI is InChI=1S/C15H21N/c1-11(2)10-16-14(5)9-15-7-12(3)6-13(4)8-15/h6-8,16H,1,5,9-10H2,2-4H3. The first-order chi connectivity index (χ1) is 7.47. The van der Waals surface area contributed by atoms with Crippen molar-refractivity contribution >= 4 is 0 Å². The predicted molar refractivity (Wildman–Crippen MR) is 71.6 cm³/mol. The summed E-state index contributed by atoms with van der Waals surface area (Å²) in [6, 6.07) is 6.61. The summed E-state index contributed by atoms with van der Waals surface area (Å²) in [5, 5.41) is 3.28. The molecular weight excluding hydrogens is 194 g/mol. The highest BCUT2D eigenvalue weighted by Gasteiger charge is 1.99. The van der Waals surface area contributed by atoms with Crippen LogP contribution in [0.25, 0.3) is 0 Å². The number of benzene rings is 1. The van der Waals surface area contributed by atoms with Gasteiger partial charge in [0.15, 0.2) is 0 Å². The van der Waals surface area contributed by atoms with Crippen LogP contribution in [0.5, 0.6) is 0 Å². The SMILES string of the molecule is C=C(C)CNC(=C)Cc1cc(C)cc(C)c1. The summed E-state index contributed by atoms with van der Waals surface area (Å²) >= 11 is 0. The van der Waals surface area contributed by atoms with Gasteiger partial charge in [-0.05, 0) is 26.3 Å². The van der Waals surface area contributed by atoms with Crippen molar-refractivity contribution in [3.05, 3.63) is 59.3 Å². The molecule has 1 aromatic rings. The van der Waals surface area contributed by atoms with E-state index in [4.69, 9.17) is 0 Å². The largest absolute Gasteiger partial charge is 0.385 e. The fourth-order valence-corrected chi connectivity index (χ4v) is 1.76. The van der Waals surface area contributed by atoms with Gasteiger partial charge < -0.3 is 5.32 Å². The lowest BCUT2D eigenvalue weighted by Gasteiger charge is -2.10. The van der Waals surface area contributed by atoms with Gasteiger partial charge in [-0.2, -0.15) is 0 Å². The average molecular weight is 215 g/mol. The zero-order valence-corrected chi connectivity index (χ0v) is 10.6. The summed E-state index contributed by atoms with van der Waals surface area (Å²) < 4.78 is 0. The first-order valence-corrected chi connectivity index (χ1v) is 5.60. The third kappa shape index (κ3) is 4.35. The van der Waals surface area contributed by atoms with E-state index in [9.17, 15) is 0 Å². The minimum atomic E-state index is 0.809. The molecule has 0 radical (unpaired) electrons. The number of allylic oxidation sites excluding steroid dienone is 1. The number of aryl methyl sites for hydroxylation is 2. The maximum atomic E-state index is 4.03. The third-order valence-electron chi connectivity index (χ3n) is 2.34. The maximum Gasteiger partial charge on any atom is 0.0351 e. The molecule has 0 aliphatic carbocycles. The van der Waals surface area contributed by atoms with Gasteiger partial charge in [0.25, 0.3) is 0 Å². The van der Waals surface area contributed by atoms with Gasteiger partial charge in [-0.25, -0.2) is 0 Å². The lowest BCUT2D eigenvalue weighted by atomic mass is 10.0. The van der Waals surface area contributed by atoms with Crippen LogP contribution < -0.4 is 5.32 Å². The van der Waals surface area contributed by atoms with Crippen LogP contribution in [-0.4, -0.2) is 6.54 Å². The molecule has 1 heteroatoms. The lowest BCUT2D eigenvalue weighted by molar-refractivity contribution is 0.838. The molecule has 0 heterocycles. The van der Waals surface area contributed by atoms with Crippen molar-refractivity contribution in [1.29, 1.82) is 0 Å². The summed E-state index contributed by atoms with van der Waals surface area (Å²) in [5.74, 6) is 0. The molecule has 0 fully saturated rings. The Bertz CT molecular complexity index is 382. The monoisotopic (exact) mass is 215 g/mol. The molecule has 0 spiro atoms. The molecule has 0 saturated carbocycles. The summed E-state index contributed by atoms with van der Waals surface area (Å²) in [6.07, 6.45) is 0.885. The van der Waals surface area contributed by atoms with Gasteiger partial charge in [-0.1, -0.05) is 48.1 Å². The Morgan fingerprint density at radius 2 is 1.69 bits per heavy atom. The third-order valence-corrected chi connectivity index (χ3v) is 2.34. The van der Waals surface area contributed by atoms with E-state index in [0.29, 0.717) is 0 Å². The van der Waals surface area contributed by atoms with Gasteiger partial charge >= 0.3 is 0 Å². The Hall–Kier alpha value is -1.50. The molecule has 1 N–H and O–H groups in total. The Labute approximate surface area is 98.9 Å². The molecule has 0 aliphatic rings. The quantitative estimate of drug-likeness (QED) is 0.741. The molecule has 1 nitrogen and oxygen atoms in total. The molecule has 16 heavy (non-hydrogen) atoms. The van der Waals surface area contributed by atoms with Gasteiger partial charge in [-0.15, -0.1) is 0 Å². The van der Waals surface area contributed by atoms with Gasteiger partial charge in [0, 0.05) is 18.7 Å². The van der Waals surface area contributed by atoms with Crippen LogP contribution in [0.2, 0.25) is 0 Å². The zero-order valence-electron chi connectivity index (χ0n) is 10.6. The summed E-state index contributed by atoms with van der Waals surface area (Å²) in [6.45, 7) is 15.0. The Morgan fingerprint density at radius 3 is 2.19 bits per heavy atom. The van der Waals surface area contributed by atoms with E-state index < -0.39 is 0 Å². The molecule has 0 atom stereocenters. The predicted octanol–water partition coefficient (Wildman–Crippen LogP) is 3.53. The lowest BCUT2D eigenvalue weighted by Crippen LogP contribution is -2.16. The van der Waals surface area contributed by atoms with Crippen molar-refractivity contribution in [2.75, 3.05) is 6.54 Å². The van der Waals surface area contributed by atoms with E-state index in [2.05, 4.69) is 50.5 Å². The van der Waals surface area contributed by atoms with Gasteiger partial charge in [-0.3, -0.25) is 0 Å². The first kappa shape index (κ1) is 12.6. The molecule has 0 unspecified atom stereocenters. The number of nitrogens with one attached hydrogen (secondary N) is 1. The second-order valence-corrected chi connectivity index (χ2v) is 4.59. The summed E-state index contributed by atoms with van der Waals surface area (Å²) in [5.41, 5.74) is 6.11. The minimum absolute atomic E-state index is 0.809. The highest BCUT2D eigenvalue weighted by Crippen LogP contribution is 2.11. The molecule has 0 saturated heterocycles. The van der Waals surface area contributed by atoms with Crippen molar-refractivity contribution in [2.24, 2.45) is 0 Å². The van der Waals surface area contributed by atoms with Crippen LogP contribution in [0.1, 0.15) is 23.6 Å². The number of rotatable bonds is 5. The van der Waals surface area contributed by atoms with Crippen molar-refractivity contribution in [1.82, 2.24) is 5.32 Å². The minimum Gasteiger partial charge on any atom is -0.385 e. The highest BCUT2D eigenvalue weighted by molar-refractivity contribution is 5.30. The van der Waals surface area contributed by atoms with E-state index in [0.717, 1.165) is 24.2 Å². The van der Waals surface area contributed by atoms with Crippen molar-refractivity contribution in [3.8, 4) is 0 Å². The highest BCUT2D eigenvalue weighted by atomic mass is 14.9. The van der Waals surface area contributed by atoms with Crippen LogP contribution in [0.3, 0.4) is 0 Å². The second kappa shape index (κ2) is 5.55. The Kier molecular flexibility index (Phi) is 4.36. The molecule has 0 aromatic heterocycles. The molecular formula is C15H21N. The van der Waals surface area contributed by atoms with E-state index >= 15 is 0 Å². The van der Waals surface area contributed by atoms with Gasteiger partial charge in [0.05, 0.1) is 0 Å². The molecule has 0 aliphatic heterocycles. The first-order valence-electron chi connectivity index (χ1n) is 5.60. The molecule has 0 amide bonds. The van der Waals surface area contributed by atoms with Crippen LogP contribution in [0, 0.1) is 13.8 Å². The second-order valence-electron chi connectivity index (χ2n) is 4.59. The fraction of sp³-hybridized carbons (Fsp3) is 0.333. The number of hydrogen-bond donors (Lipinski definition) is 1. The molecule has 1 rings (SSSR count). The van der Waals surface area contributed by atoms with E-state index in [1.165, 1.54) is 16.7 Å². The van der Waals surface area contributed by atoms with Crippen molar-refractivity contribution in [2.45, 2.75) is 27.2 Å². The zero-order chi connectivity index (χ0) is 12.1. The molecule has 86 valence electrons. The smallest absolute Gasteiger partial charge is 0.0351 e. The van der Waals surface area contributed by atoms with E-state index in [1.54, 1.807) is 0 Å². The normalized spacial score (nSPS) is 9.94. The summed E-state index contributed by atoms with van der Waals surface area (Å²) in [7, 11) is 0. The van der Waals surface area contributed by atoms with Crippen LogP contribution in [0.15, 0.2) is 42.6 Å². The van der Waals surface area contributed by atoms with Crippen LogP contribution in [0.4, 0.5) is 0 Å². The van der Waals surface area contributed by atoms with Crippen molar-refractivity contribution in [3.63, 3.8) is 0 Å². The topological polar surface area (TPSA) is 12.0 Å². The molecule has 1 aromatic carbocycles. The summed E-state index contributed by atoms with van der Waals surface area (Å²) in [4.78, 5) is 0. The average Bonchev–Trinajstić information content (AvgIpc) is 2.12. The molecule has 0 bridgehead atoms. The van der Waals surface area contributed by atoms with E-state index in [1.807, 2.05) is 6.92 Å². The van der Waals surface area contributed by atoms with E-state index in [-0.39, 0.29) is 0 Å². The van der Waals surface area contributed by atoms with Crippen LogP contribution >= 0.6 is 0 Å². The van der Waals surface area contributed by atoms with Crippen LogP contribution in [-0.2, 0) is 6.42 Å². The van der Waals surface area contributed by atoms with Gasteiger partial charge in [0.1, 0.15) is 0 Å². The Morgan fingerprint density at radius 1 is 1.12 bits per heavy atom. The van der Waals surface area contributed by atoms with Crippen molar-refractivity contribution < 1.29 is 0 Å². The fourth-order valence-electron chi connectivity index (χ4n) is 1.76. The maximum absolute atomic E-state index is 4.03. The number of hydrogen-bond acceptors (Lipinski definition) is 1.